The van der Waals surface area contributed by atoms with Gasteiger partial charge in [0, 0.05) is 18.8 Å². The average Bonchev–Trinajstić information content (AvgIpc) is 2.23. The van der Waals surface area contributed by atoms with E-state index < -0.39 is 0 Å². The van der Waals surface area contributed by atoms with Gasteiger partial charge in [-0.05, 0) is 38.5 Å². The van der Waals surface area contributed by atoms with Crippen LogP contribution in [0, 0.1) is 6.92 Å². The molecule has 0 saturated carbocycles. The lowest BCUT2D eigenvalue weighted by Crippen LogP contribution is -2.21. The highest BCUT2D eigenvalue weighted by molar-refractivity contribution is 5.47. The molecule has 14 heavy (non-hydrogen) atoms. The topological polar surface area (TPSA) is 55.3 Å². The zero-order chi connectivity index (χ0) is 11.0. The van der Waals surface area contributed by atoms with Crippen LogP contribution < -0.4 is 16.6 Å². The monoisotopic (exact) mass is 195 g/mol. The SMILES string of the molecule is CCN(CC)c1cccc(C)c1.NN. The standard InChI is InChI=1S/C11H17N.H4N2/c1-4-12(5-2)11-8-6-7-10(3)9-11;1-2/h6-9H,4-5H2,1-3H3;1-2H2. The summed E-state index contributed by atoms with van der Waals surface area (Å²) >= 11 is 0. The maximum absolute atomic E-state index is 4.00. The van der Waals surface area contributed by atoms with Crippen LogP contribution in [0.15, 0.2) is 24.3 Å². The molecule has 0 heterocycles. The van der Waals surface area contributed by atoms with Crippen molar-refractivity contribution in [3.63, 3.8) is 0 Å². The zero-order valence-corrected chi connectivity index (χ0v) is 9.33. The molecular weight excluding hydrogens is 174 g/mol. The Balaban J connectivity index is 0.000000791. The molecule has 0 aliphatic rings. The highest BCUT2D eigenvalue weighted by Gasteiger charge is 1.99. The molecule has 80 valence electrons. The van der Waals surface area contributed by atoms with Crippen molar-refractivity contribution in [3.8, 4) is 0 Å². The lowest BCUT2D eigenvalue weighted by Gasteiger charge is -2.21. The molecule has 0 fully saturated rings. The second-order valence-electron chi connectivity index (χ2n) is 3.01. The summed E-state index contributed by atoms with van der Waals surface area (Å²) in [6, 6.07) is 8.64. The van der Waals surface area contributed by atoms with Crippen molar-refractivity contribution in [2.75, 3.05) is 18.0 Å². The molecule has 0 amide bonds. The molecule has 0 unspecified atom stereocenters. The molecule has 1 aromatic carbocycles. The maximum Gasteiger partial charge on any atom is 0.0368 e. The quantitative estimate of drug-likeness (QED) is 0.569. The van der Waals surface area contributed by atoms with E-state index in [0.29, 0.717) is 0 Å². The molecular formula is C11H21N3. The van der Waals surface area contributed by atoms with E-state index in [0.717, 1.165) is 13.1 Å². The Hall–Kier alpha value is -1.06. The van der Waals surface area contributed by atoms with Gasteiger partial charge in [0.05, 0.1) is 0 Å². The Morgan fingerprint density at radius 3 is 2.14 bits per heavy atom. The van der Waals surface area contributed by atoms with E-state index in [-0.39, 0.29) is 0 Å². The third-order valence-electron chi connectivity index (χ3n) is 2.13. The number of nitrogens with zero attached hydrogens (tertiary/aromatic N) is 1. The van der Waals surface area contributed by atoms with E-state index in [1.54, 1.807) is 0 Å². The Labute approximate surface area is 86.7 Å². The Kier molecular flexibility index (Phi) is 6.80. The molecule has 1 rings (SSSR count). The van der Waals surface area contributed by atoms with Gasteiger partial charge in [-0.3, -0.25) is 11.7 Å². The molecule has 0 atom stereocenters. The fourth-order valence-corrected chi connectivity index (χ4v) is 1.41. The summed E-state index contributed by atoms with van der Waals surface area (Å²) < 4.78 is 0. The maximum atomic E-state index is 4.00. The van der Waals surface area contributed by atoms with Gasteiger partial charge in [-0.25, -0.2) is 0 Å². The first-order valence-electron chi connectivity index (χ1n) is 4.92. The second kappa shape index (κ2) is 7.35. The summed E-state index contributed by atoms with van der Waals surface area (Å²) in [5.41, 5.74) is 2.67. The largest absolute Gasteiger partial charge is 0.372 e. The van der Waals surface area contributed by atoms with Crippen LogP contribution >= 0.6 is 0 Å². The third-order valence-corrected chi connectivity index (χ3v) is 2.13. The van der Waals surface area contributed by atoms with E-state index >= 15 is 0 Å². The average molecular weight is 195 g/mol. The van der Waals surface area contributed by atoms with Gasteiger partial charge >= 0.3 is 0 Å². The van der Waals surface area contributed by atoms with Gasteiger partial charge in [-0.2, -0.15) is 0 Å². The number of hydrazine groups is 1. The van der Waals surface area contributed by atoms with E-state index in [1.807, 2.05) is 0 Å². The molecule has 0 aromatic heterocycles. The first kappa shape index (κ1) is 12.9. The highest BCUT2D eigenvalue weighted by Crippen LogP contribution is 2.14. The number of benzene rings is 1. The molecule has 0 radical (unpaired) electrons. The molecule has 0 aliphatic heterocycles. The smallest absolute Gasteiger partial charge is 0.0368 e. The number of anilines is 1. The van der Waals surface area contributed by atoms with Gasteiger partial charge in [-0.15, -0.1) is 0 Å². The normalized spacial score (nSPS) is 8.93. The Morgan fingerprint density at radius 2 is 1.71 bits per heavy atom. The van der Waals surface area contributed by atoms with Crippen LogP contribution in [0.4, 0.5) is 5.69 Å². The van der Waals surface area contributed by atoms with Gasteiger partial charge in [0.15, 0.2) is 0 Å². The highest BCUT2D eigenvalue weighted by atomic mass is 15.1. The van der Waals surface area contributed by atoms with E-state index in [4.69, 9.17) is 0 Å². The number of hydrogen-bond acceptors (Lipinski definition) is 3. The van der Waals surface area contributed by atoms with Crippen molar-refractivity contribution < 1.29 is 0 Å². The van der Waals surface area contributed by atoms with Gasteiger partial charge in [0.2, 0.25) is 0 Å². The van der Waals surface area contributed by atoms with Crippen molar-refractivity contribution in [1.82, 2.24) is 0 Å². The fourth-order valence-electron chi connectivity index (χ4n) is 1.41. The molecule has 3 heteroatoms. The summed E-state index contributed by atoms with van der Waals surface area (Å²) in [6.07, 6.45) is 0. The summed E-state index contributed by atoms with van der Waals surface area (Å²) in [5.74, 6) is 8.00. The Bertz CT molecular complexity index is 244. The van der Waals surface area contributed by atoms with Crippen molar-refractivity contribution in [1.29, 1.82) is 0 Å². The van der Waals surface area contributed by atoms with Gasteiger partial charge in [0.1, 0.15) is 0 Å². The fraction of sp³-hybridized carbons (Fsp3) is 0.455. The summed E-state index contributed by atoms with van der Waals surface area (Å²) in [7, 11) is 0. The first-order chi connectivity index (χ1) is 6.77. The molecule has 0 saturated heterocycles. The van der Waals surface area contributed by atoms with Crippen molar-refractivity contribution in [2.45, 2.75) is 20.8 Å². The number of aryl methyl sites for hydroxylation is 1. The van der Waals surface area contributed by atoms with Crippen LogP contribution in [0.2, 0.25) is 0 Å². The van der Waals surface area contributed by atoms with Crippen LogP contribution in [-0.2, 0) is 0 Å². The minimum Gasteiger partial charge on any atom is -0.372 e. The third kappa shape index (κ3) is 3.77. The minimum atomic E-state index is 1.08. The number of rotatable bonds is 3. The van der Waals surface area contributed by atoms with Crippen molar-refractivity contribution in [2.24, 2.45) is 11.7 Å². The minimum absolute atomic E-state index is 1.08. The van der Waals surface area contributed by atoms with Crippen LogP contribution in [0.3, 0.4) is 0 Å². The van der Waals surface area contributed by atoms with Crippen LogP contribution in [0.5, 0.6) is 0 Å². The van der Waals surface area contributed by atoms with E-state index in [2.05, 4.69) is 61.6 Å². The van der Waals surface area contributed by atoms with Crippen molar-refractivity contribution in [3.05, 3.63) is 29.8 Å². The van der Waals surface area contributed by atoms with E-state index in [1.165, 1.54) is 11.3 Å². The zero-order valence-electron chi connectivity index (χ0n) is 9.33. The van der Waals surface area contributed by atoms with Gasteiger partial charge in [0.25, 0.3) is 0 Å². The summed E-state index contributed by atoms with van der Waals surface area (Å²) in [5, 5.41) is 0. The van der Waals surface area contributed by atoms with Gasteiger partial charge in [-0.1, -0.05) is 12.1 Å². The van der Waals surface area contributed by atoms with Gasteiger partial charge < -0.3 is 4.90 Å². The lowest BCUT2D eigenvalue weighted by molar-refractivity contribution is 0.865. The predicted octanol–water partition coefficient (Wildman–Crippen LogP) is 1.66. The molecule has 4 N–H and O–H groups in total. The molecule has 1 aromatic rings. The van der Waals surface area contributed by atoms with E-state index in [9.17, 15) is 0 Å². The number of hydrogen-bond donors (Lipinski definition) is 2. The van der Waals surface area contributed by atoms with Crippen LogP contribution in [0.25, 0.3) is 0 Å². The molecule has 0 spiro atoms. The predicted molar refractivity (Wildman–Crippen MR) is 63.1 cm³/mol. The Morgan fingerprint density at radius 1 is 1.14 bits per heavy atom. The number of nitrogens with two attached hydrogens (primary N) is 2. The molecule has 3 nitrogen and oxygen atoms in total. The molecule has 0 aliphatic carbocycles. The summed E-state index contributed by atoms with van der Waals surface area (Å²) in [4.78, 5) is 2.35. The first-order valence-corrected chi connectivity index (χ1v) is 4.92. The molecule has 0 bridgehead atoms. The van der Waals surface area contributed by atoms with Crippen LogP contribution in [0.1, 0.15) is 19.4 Å². The van der Waals surface area contributed by atoms with Crippen molar-refractivity contribution >= 4 is 5.69 Å². The second-order valence-corrected chi connectivity index (χ2v) is 3.01. The lowest BCUT2D eigenvalue weighted by atomic mass is 10.2. The summed E-state index contributed by atoms with van der Waals surface area (Å²) in [6.45, 7) is 8.67. The van der Waals surface area contributed by atoms with Crippen LogP contribution in [-0.4, -0.2) is 13.1 Å².